The van der Waals surface area contributed by atoms with Crippen molar-refractivity contribution in [1.29, 1.82) is 0 Å². The molecule has 0 amide bonds. The van der Waals surface area contributed by atoms with Crippen LogP contribution in [0.2, 0.25) is 0 Å². The molecule has 1 aromatic carbocycles. The van der Waals surface area contributed by atoms with Gasteiger partial charge in [-0.05, 0) is 18.6 Å². The SMILES string of the molecule is CCc1c(S)cccc1OC(F)(F)F. The van der Waals surface area contributed by atoms with Crippen LogP contribution in [0, 0.1) is 0 Å². The molecule has 0 aliphatic rings. The Morgan fingerprint density at radius 3 is 2.50 bits per heavy atom. The van der Waals surface area contributed by atoms with Gasteiger partial charge in [0.05, 0.1) is 0 Å². The van der Waals surface area contributed by atoms with Crippen molar-refractivity contribution in [3.8, 4) is 5.75 Å². The number of halogens is 3. The number of alkyl halides is 3. The van der Waals surface area contributed by atoms with Gasteiger partial charge in [-0.15, -0.1) is 25.8 Å². The number of benzene rings is 1. The lowest BCUT2D eigenvalue weighted by Crippen LogP contribution is -2.18. The number of ether oxygens (including phenoxy) is 1. The first-order valence-electron chi connectivity index (χ1n) is 4.00. The smallest absolute Gasteiger partial charge is 0.405 e. The Hall–Kier alpha value is -0.840. The highest BCUT2D eigenvalue weighted by Gasteiger charge is 2.32. The number of hydrogen-bond acceptors (Lipinski definition) is 2. The summed E-state index contributed by atoms with van der Waals surface area (Å²) in [7, 11) is 0. The molecule has 0 aromatic heterocycles. The van der Waals surface area contributed by atoms with Crippen molar-refractivity contribution in [3.63, 3.8) is 0 Å². The standard InChI is InChI=1S/C9H9F3OS/c1-2-6-7(13-9(10,11)12)4-3-5-8(6)14/h3-5,14H,2H2,1H3. The van der Waals surface area contributed by atoms with Gasteiger partial charge in [0.15, 0.2) is 0 Å². The fourth-order valence-electron chi connectivity index (χ4n) is 1.13. The second kappa shape index (κ2) is 4.13. The summed E-state index contributed by atoms with van der Waals surface area (Å²) < 4.78 is 39.7. The second-order valence-corrected chi connectivity index (χ2v) is 3.14. The zero-order valence-corrected chi connectivity index (χ0v) is 8.32. The van der Waals surface area contributed by atoms with Crippen LogP contribution in [0.3, 0.4) is 0 Å². The predicted octanol–water partition coefficient (Wildman–Crippen LogP) is 3.44. The van der Waals surface area contributed by atoms with Crippen LogP contribution in [0.1, 0.15) is 12.5 Å². The third kappa shape index (κ3) is 2.83. The second-order valence-electron chi connectivity index (χ2n) is 2.66. The highest BCUT2D eigenvalue weighted by molar-refractivity contribution is 7.80. The minimum atomic E-state index is -4.65. The van der Waals surface area contributed by atoms with E-state index < -0.39 is 6.36 Å². The Morgan fingerprint density at radius 2 is 2.00 bits per heavy atom. The maximum atomic E-state index is 11.9. The van der Waals surface area contributed by atoms with Gasteiger partial charge in [0.25, 0.3) is 0 Å². The molecular weight excluding hydrogens is 213 g/mol. The molecule has 0 heterocycles. The lowest BCUT2D eigenvalue weighted by molar-refractivity contribution is -0.275. The highest BCUT2D eigenvalue weighted by atomic mass is 32.1. The summed E-state index contributed by atoms with van der Waals surface area (Å²) in [6.07, 6.45) is -4.20. The zero-order valence-electron chi connectivity index (χ0n) is 7.43. The van der Waals surface area contributed by atoms with Gasteiger partial charge in [0.1, 0.15) is 5.75 Å². The summed E-state index contributed by atoms with van der Waals surface area (Å²) >= 11 is 4.05. The van der Waals surface area contributed by atoms with Gasteiger partial charge >= 0.3 is 6.36 Å². The molecule has 0 spiro atoms. The van der Waals surface area contributed by atoms with Crippen molar-refractivity contribution in [3.05, 3.63) is 23.8 Å². The van der Waals surface area contributed by atoms with Crippen LogP contribution in [0.15, 0.2) is 23.1 Å². The number of hydrogen-bond donors (Lipinski definition) is 1. The topological polar surface area (TPSA) is 9.23 Å². The molecule has 0 unspecified atom stereocenters. The molecule has 0 bridgehead atoms. The summed E-state index contributed by atoms with van der Waals surface area (Å²) in [5, 5.41) is 0. The average molecular weight is 222 g/mol. The summed E-state index contributed by atoms with van der Waals surface area (Å²) in [4.78, 5) is 0.509. The number of thiol groups is 1. The predicted molar refractivity (Wildman–Crippen MR) is 49.8 cm³/mol. The first-order chi connectivity index (χ1) is 6.44. The Labute approximate surface area is 85.3 Å². The highest BCUT2D eigenvalue weighted by Crippen LogP contribution is 2.30. The molecule has 1 rings (SSSR count). The van der Waals surface area contributed by atoms with E-state index >= 15 is 0 Å². The maximum absolute atomic E-state index is 11.9. The van der Waals surface area contributed by atoms with E-state index in [0.29, 0.717) is 16.9 Å². The largest absolute Gasteiger partial charge is 0.573 e. The van der Waals surface area contributed by atoms with Crippen molar-refractivity contribution in [2.75, 3.05) is 0 Å². The maximum Gasteiger partial charge on any atom is 0.573 e. The summed E-state index contributed by atoms with van der Waals surface area (Å²) in [6, 6.07) is 4.39. The molecule has 0 fully saturated rings. The van der Waals surface area contributed by atoms with Crippen molar-refractivity contribution in [2.45, 2.75) is 24.6 Å². The fourth-order valence-corrected chi connectivity index (χ4v) is 1.48. The van der Waals surface area contributed by atoms with Crippen molar-refractivity contribution >= 4 is 12.6 Å². The molecule has 78 valence electrons. The molecule has 0 N–H and O–H groups in total. The van der Waals surface area contributed by atoms with Crippen LogP contribution in [0.25, 0.3) is 0 Å². The summed E-state index contributed by atoms with van der Waals surface area (Å²) in [6.45, 7) is 1.75. The molecule has 0 saturated heterocycles. The van der Waals surface area contributed by atoms with Gasteiger partial charge in [-0.2, -0.15) is 0 Å². The molecule has 0 radical (unpaired) electrons. The third-order valence-electron chi connectivity index (χ3n) is 1.69. The van der Waals surface area contributed by atoms with Crippen LogP contribution >= 0.6 is 12.6 Å². The van der Waals surface area contributed by atoms with E-state index in [0.717, 1.165) is 0 Å². The summed E-state index contributed by atoms with van der Waals surface area (Å²) in [5.74, 6) is -0.174. The molecule has 0 aliphatic heterocycles. The van der Waals surface area contributed by atoms with E-state index in [1.807, 2.05) is 0 Å². The first kappa shape index (κ1) is 11.2. The normalized spacial score (nSPS) is 11.5. The third-order valence-corrected chi connectivity index (χ3v) is 2.11. The molecular formula is C9H9F3OS. The lowest BCUT2D eigenvalue weighted by Gasteiger charge is -2.13. The molecule has 1 nitrogen and oxygen atoms in total. The van der Waals surface area contributed by atoms with E-state index in [2.05, 4.69) is 17.4 Å². The van der Waals surface area contributed by atoms with Crippen LogP contribution in [0.5, 0.6) is 5.75 Å². The van der Waals surface area contributed by atoms with Gasteiger partial charge in [-0.25, -0.2) is 0 Å². The van der Waals surface area contributed by atoms with E-state index in [4.69, 9.17) is 0 Å². The average Bonchev–Trinajstić information content (AvgIpc) is 2.01. The molecule has 5 heteroatoms. The van der Waals surface area contributed by atoms with E-state index in [9.17, 15) is 13.2 Å². The molecule has 14 heavy (non-hydrogen) atoms. The Kier molecular flexibility index (Phi) is 3.31. The van der Waals surface area contributed by atoms with Gasteiger partial charge in [0, 0.05) is 10.5 Å². The number of rotatable bonds is 2. The molecule has 0 atom stereocenters. The van der Waals surface area contributed by atoms with E-state index in [-0.39, 0.29) is 5.75 Å². The minimum absolute atomic E-state index is 0.174. The van der Waals surface area contributed by atoms with Gasteiger partial charge in [-0.1, -0.05) is 13.0 Å². The molecule has 1 aromatic rings. The van der Waals surface area contributed by atoms with Gasteiger partial charge in [0.2, 0.25) is 0 Å². The molecule has 0 saturated carbocycles. The molecule has 0 aliphatic carbocycles. The van der Waals surface area contributed by atoms with E-state index in [1.54, 1.807) is 13.0 Å². The van der Waals surface area contributed by atoms with Crippen molar-refractivity contribution in [1.82, 2.24) is 0 Å². The Morgan fingerprint density at radius 1 is 1.36 bits per heavy atom. The quantitative estimate of drug-likeness (QED) is 0.754. The minimum Gasteiger partial charge on any atom is -0.405 e. The monoisotopic (exact) mass is 222 g/mol. The Balaban J connectivity index is 3.02. The van der Waals surface area contributed by atoms with E-state index in [1.165, 1.54) is 12.1 Å². The first-order valence-corrected chi connectivity index (χ1v) is 4.45. The fraction of sp³-hybridized carbons (Fsp3) is 0.333. The van der Waals surface area contributed by atoms with Crippen molar-refractivity contribution < 1.29 is 17.9 Å². The zero-order chi connectivity index (χ0) is 10.8. The van der Waals surface area contributed by atoms with Crippen LogP contribution in [-0.2, 0) is 6.42 Å². The summed E-state index contributed by atoms with van der Waals surface area (Å²) in [5.41, 5.74) is 0.466. The van der Waals surface area contributed by atoms with Crippen molar-refractivity contribution in [2.24, 2.45) is 0 Å². The van der Waals surface area contributed by atoms with Crippen LogP contribution < -0.4 is 4.74 Å². The van der Waals surface area contributed by atoms with Gasteiger partial charge in [-0.3, -0.25) is 0 Å². The van der Waals surface area contributed by atoms with Crippen LogP contribution in [0.4, 0.5) is 13.2 Å². The Bertz CT molecular complexity index is 322. The lowest BCUT2D eigenvalue weighted by atomic mass is 10.1. The van der Waals surface area contributed by atoms with Crippen LogP contribution in [-0.4, -0.2) is 6.36 Å². The van der Waals surface area contributed by atoms with Gasteiger partial charge < -0.3 is 4.74 Å².